The first kappa shape index (κ1) is 23.4. The number of benzene rings is 1. The van der Waals surface area contributed by atoms with E-state index in [0.717, 1.165) is 0 Å². The van der Waals surface area contributed by atoms with Gasteiger partial charge in [-0.05, 0) is 52.2 Å². The van der Waals surface area contributed by atoms with Gasteiger partial charge in [0.05, 0.1) is 9.99 Å². The molecule has 1 fully saturated rings. The largest absolute Gasteiger partial charge is 0.465 e. The second-order valence-electron chi connectivity index (χ2n) is 8.24. The van der Waals surface area contributed by atoms with Crippen molar-refractivity contribution in [2.75, 3.05) is 13.1 Å². The molecule has 182 valence electrons. The highest BCUT2D eigenvalue weighted by Crippen LogP contribution is 2.39. The van der Waals surface area contributed by atoms with E-state index >= 15 is 0 Å². The number of hydrogen-bond donors (Lipinski definition) is 2. The Kier molecular flexibility index (Phi) is 5.83. The van der Waals surface area contributed by atoms with Gasteiger partial charge in [-0.1, -0.05) is 12.1 Å². The molecule has 4 heterocycles. The Morgan fingerprint density at radius 1 is 1.20 bits per heavy atom. The Labute approximate surface area is 203 Å². The molecule has 1 aromatic carbocycles. The van der Waals surface area contributed by atoms with E-state index in [2.05, 4.69) is 36.4 Å². The van der Waals surface area contributed by atoms with Crippen LogP contribution < -0.4 is 5.32 Å². The Morgan fingerprint density at radius 2 is 2.00 bits per heavy atom. The van der Waals surface area contributed by atoms with E-state index in [0.29, 0.717) is 22.2 Å². The zero-order chi connectivity index (χ0) is 24.9. The SMILES string of the molecule is O=C(O)N[C@H]1CCN([C@H](c2ccc3nnc(-c4ccc5cc(F)c(Br)cc5n4)n3c2)C(F)(F)F)C1. The second-order valence-corrected chi connectivity index (χ2v) is 9.10. The van der Waals surface area contributed by atoms with E-state index in [1.165, 1.54) is 39.8 Å². The standard InChI is InChI=1S/C22H17BrF4N6O2/c23-14-8-17-11(7-15(14)24)1-3-16(29-17)20-31-30-18-4-2-12(9-33(18)20)19(22(25,26)27)32-6-5-13(10-32)28-21(34)35/h1-4,7-9,13,19,28H,5-6,10H2,(H,34,35)/t13-,19+/m0/s1. The summed E-state index contributed by atoms with van der Waals surface area (Å²) >= 11 is 3.13. The van der Waals surface area contributed by atoms with Gasteiger partial charge >= 0.3 is 12.3 Å². The predicted octanol–water partition coefficient (Wildman–Crippen LogP) is 4.79. The molecule has 35 heavy (non-hydrogen) atoms. The number of likely N-dealkylation sites (tertiary alicyclic amines) is 1. The summed E-state index contributed by atoms with van der Waals surface area (Å²) in [4.78, 5) is 16.6. The average molecular weight is 553 g/mol. The Balaban J connectivity index is 1.54. The van der Waals surface area contributed by atoms with Gasteiger partial charge in [0.1, 0.15) is 17.6 Å². The molecule has 0 aliphatic carbocycles. The second kappa shape index (κ2) is 8.72. The number of pyridine rings is 2. The average Bonchev–Trinajstić information content (AvgIpc) is 3.40. The van der Waals surface area contributed by atoms with Crippen LogP contribution in [-0.4, -0.2) is 61.0 Å². The van der Waals surface area contributed by atoms with Gasteiger partial charge in [-0.15, -0.1) is 10.2 Å². The molecule has 0 saturated carbocycles. The number of nitrogens with zero attached hydrogens (tertiary/aromatic N) is 5. The van der Waals surface area contributed by atoms with Crippen LogP contribution >= 0.6 is 15.9 Å². The van der Waals surface area contributed by atoms with Gasteiger partial charge in [0.15, 0.2) is 11.5 Å². The summed E-state index contributed by atoms with van der Waals surface area (Å²) in [7, 11) is 0. The van der Waals surface area contributed by atoms with Crippen molar-refractivity contribution < 1.29 is 27.5 Å². The molecule has 1 aliphatic rings. The molecule has 13 heteroatoms. The fourth-order valence-corrected chi connectivity index (χ4v) is 4.74. The number of rotatable bonds is 4. The van der Waals surface area contributed by atoms with E-state index in [1.54, 1.807) is 12.1 Å². The number of amides is 1. The summed E-state index contributed by atoms with van der Waals surface area (Å²) in [5, 5.41) is 19.9. The lowest BCUT2D eigenvalue weighted by atomic mass is 10.1. The fraction of sp³-hybridized carbons (Fsp3) is 0.273. The van der Waals surface area contributed by atoms with E-state index in [4.69, 9.17) is 5.11 Å². The third-order valence-electron chi connectivity index (χ3n) is 5.92. The molecule has 4 aromatic rings. The third-order valence-corrected chi connectivity index (χ3v) is 6.53. The molecule has 0 unspecified atom stereocenters. The van der Waals surface area contributed by atoms with Crippen LogP contribution in [0.2, 0.25) is 0 Å². The van der Waals surface area contributed by atoms with Crippen molar-refractivity contribution in [2.24, 2.45) is 0 Å². The minimum atomic E-state index is -4.60. The first-order valence-electron chi connectivity index (χ1n) is 10.5. The zero-order valence-corrected chi connectivity index (χ0v) is 19.4. The van der Waals surface area contributed by atoms with Crippen LogP contribution in [0.25, 0.3) is 28.1 Å². The van der Waals surface area contributed by atoms with Gasteiger partial charge in [-0.25, -0.2) is 14.2 Å². The van der Waals surface area contributed by atoms with Gasteiger partial charge in [0, 0.05) is 30.7 Å². The Bertz CT molecular complexity index is 1440. The highest BCUT2D eigenvalue weighted by Gasteiger charge is 2.47. The topological polar surface area (TPSA) is 95.7 Å². The first-order valence-corrected chi connectivity index (χ1v) is 11.3. The molecule has 2 N–H and O–H groups in total. The number of carbonyl (C=O) groups is 1. The van der Waals surface area contributed by atoms with Gasteiger partial charge in [0.2, 0.25) is 0 Å². The van der Waals surface area contributed by atoms with Gasteiger partial charge in [-0.2, -0.15) is 13.2 Å². The van der Waals surface area contributed by atoms with Crippen molar-refractivity contribution in [3.8, 4) is 11.5 Å². The molecule has 2 atom stereocenters. The number of nitrogens with one attached hydrogen (secondary N) is 1. The lowest BCUT2D eigenvalue weighted by Crippen LogP contribution is -2.40. The molecule has 1 aliphatic heterocycles. The van der Waals surface area contributed by atoms with Crippen LogP contribution in [0.4, 0.5) is 22.4 Å². The Hall–Kier alpha value is -3.32. The van der Waals surface area contributed by atoms with Gasteiger partial charge < -0.3 is 10.4 Å². The maximum atomic E-state index is 14.2. The summed E-state index contributed by atoms with van der Waals surface area (Å²) in [5.41, 5.74) is 1.13. The number of alkyl halides is 3. The lowest BCUT2D eigenvalue weighted by Gasteiger charge is -2.30. The van der Waals surface area contributed by atoms with Gasteiger partial charge in [-0.3, -0.25) is 9.30 Å². The summed E-state index contributed by atoms with van der Waals surface area (Å²) in [5.74, 6) is -0.206. The molecular weight excluding hydrogens is 536 g/mol. The van der Waals surface area contributed by atoms with E-state index in [1.807, 2.05) is 0 Å². The number of hydrogen-bond acceptors (Lipinski definition) is 5. The molecule has 5 rings (SSSR count). The molecule has 8 nitrogen and oxygen atoms in total. The van der Waals surface area contributed by atoms with E-state index in [-0.39, 0.29) is 35.4 Å². The van der Waals surface area contributed by atoms with Crippen molar-refractivity contribution >= 4 is 38.6 Å². The molecule has 3 aromatic heterocycles. The highest BCUT2D eigenvalue weighted by molar-refractivity contribution is 9.10. The summed E-state index contributed by atoms with van der Waals surface area (Å²) in [6, 6.07) is 6.35. The Morgan fingerprint density at radius 3 is 2.74 bits per heavy atom. The van der Waals surface area contributed by atoms with Gasteiger partial charge in [0.25, 0.3) is 0 Å². The molecule has 1 amide bonds. The molecule has 0 radical (unpaired) electrons. The lowest BCUT2D eigenvalue weighted by molar-refractivity contribution is -0.184. The van der Waals surface area contributed by atoms with Crippen LogP contribution in [-0.2, 0) is 0 Å². The van der Waals surface area contributed by atoms with Crippen LogP contribution in [0.3, 0.4) is 0 Å². The van der Waals surface area contributed by atoms with Crippen LogP contribution in [0.1, 0.15) is 18.0 Å². The number of halogens is 5. The van der Waals surface area contributed by atoms with Crippen molar-refractivity contribution in [1.29, 1.82) is 0 Å². The van der Waals surface area contributed by atoms with E-state index in [9.17, 15) is 22.4 Å². The van der Waals surface area contributed by atoms with Crippen LogP contribution in [0, 0.1) is 5.82 Å². The quantitative estimate of drug-likeness (QED) is 0.353. The monoisotopic (exact) mass is 552 g/mol. The van der Waals surface area contributed by atoms with Crippen LogP contribution in [0.15, 0.2) is 47.1 Å². The number of aromatic nitrogens is 4. The molecule has 0 spiro atoms. The maximum Gasteiger partial charge on any atom is 0.408 e. The third kappa shape index (κ3) is 4.52. The minimum Gasteiger partial charge on any atom is -0.465 e. The normalized spacial score (nSPS) is 17.8. The number of fused-ring (bicyclic) bond motifs is 2. The van der Waals surface area contributed by atoms with E-state index < -0.39 is 30.2 Å². The van der Waals surface area contributed by atoms with Crippen molar-refractivity contribution in [3.63, 3.8) is 0 Å². The van der Waals surface area contributed by atoms with Crippen molar-refractivity contribution in [3.05, 3.63) is 58.4 Å². The zero-order valence-electron chi connectivity index (χ0n) is 17.8. The van der Waals surface area contributed by atoms with Crippen molar-refractivity contribution in [1.82, 2.24) is 29.8 Å². The maximum absolute atomic E-state index is 14.2. The predicted molar refractivity (Wildman–Crippen MR) is 121 cm³/mol. The fourth-order valence-electron chi connectivity index (χ4n) is 4.41. The molecule has 0 bridgehead atoms. The minimum absolute atomic E-state index is 0.0346. The number of carboxylic acid groups (broad SMARTS) is 1. The summed E-state index contributed by atoms with van der Waals surface area (Å²) in [6.45, 7) is 0.0150. The highest BCUT2D eigenvalue weighted by atomic mass is 79.9. The van der Waals surface area contributed by atoms with Crippen LogP contribution in [0.5, 0.6) is 0 Å². The summed E-state index contributed by atoms with van der Waals surface area (Å²) < 4.78 is 58.0. The molecular formula is C22H17BrF4N6O2. The summed E-state index contributed by atoms with van der Waals surface area (Å²) in [6.07, 6.45) is -4.27. The smallest absolute Gasteiger partial charge is 0.408 e. The molecule has 1 saturated heterocycles. The first-order chi connectivity index (χ1) is 16.6. The van der Waals surface area contributed by atoms with Crippen molar-refractivity contribution in [2.45, 2.75) is 24.7 Å².